The summed E-state index contributed by atoms with van der Waals surface area (Å²) >= 11 is 5.76. The first-order valence-electron chi connectivity index (χ1n) is 6.48. The second-order valence-corrected chi connectivity index (χ2v) is 7.56. The molecule has 0 saturated carbocycles. The van der Waals surface area contributed by atoms with Gasteiger partial charge in [0, 0.05) is 5.02 Å². The Kier molecular flexibility index (Phi) is 4.53. The minimum Gasteiger partial charge on any atom is -0.381 e. The van der Waals surface area contributed by atoms with Crippen LogP contribution in [0.3, 0.4) is 0 Å². The lowest BCUT2D eigenvalue weighted by atomic mass is 10.1. The average Bonchev–Trinajstić information content (AvgIpc) is 2.78. The maximum atomic E-state index is 12.3. The number of halogens is 1. The largest absolute Gasteiger partial charge is 0.381 e. The number of hydrogen-bond donors (Lipinski definition) is 1. The lowest BCUT2D eigenvalue weighted by Crippen LogP contribution is -2.16. The summed E-state index contributed by atoms with van der Waals surface area (Å²) in [5, 5.41) is 8.21. The van der Waals surface area contributed by atoms with Crippen molar-refractivity contribution in [3.63, 3.8) is 0 Å². The minimum absolute atomic E-state index is 0.0723. The van der Waals surface area contributed by atoms with Crippen LogP contribution in [0, 0.1) is 0 Å². The van der Waals surface area contributed by atoms with Crippen LogP contribution >= 0.6 is 11.6 Å². The second kappa shape index (κ2) is 6.03. The molecule has 8 heteroatoms. The molecule has 0 spiro atoms. The van der Waals surface area contributed by atoms with Crippen LogP contribution in [-0.2, 0) is 16.4 Å². The van der Waals surface area contributed by atoms with Gasteiger partial charge in [-0.25, -0.2) is 13.1 Å². The molecular weight excluding hydrogens is 312 g/mol. The number of aryl methyl sites for hydroxylation is 1. The number of anilines is 1. The van der Waals surface area contributed by atoms with E-state index in [1.807, 2.05) is 13.8 Å². The summed E-state index contributed by atoms with van der Waals surface area (Å²) in [4.78, 5) is 0.242. The van der Waals surface area contributed by atoms with Crippen molar-refractivity contribution in [3.8, 4) is 0 Å². The van der Waals surface area contributed by atoms with E-state index in [1.165, 1.54) is 12.1 Å². The molecule has 1 aromatic carbocycles. The van der Waals surface area contributed by atoms with E-state index < -0.39 is 9.84 Å². The van der Waals surface area contributed by atoms with Crippen molar-refractivity contribution in [3.05, 3.63) is 35.0 Å². The first-order chi connectivity index (χ1) is 9.81. The fraction of sp³-hybridized carbons (Fsp3) is 0.385. The number of rotatable bonds is 5. The molecule has 0 amide bonds. The van der Waals surface area contributed by atoms with Crippen molar-refractivity contribution < 1.29 is 8.42 Å². The molecule has 0 aliphatic rings. The molecule has 0 unspecified atom stereocenters. The van der Waals surface area contributed by atoms with Gasteiger partial charge in [0.15, 0.2) is 15.7 Å². The van der Waals surface area contributed by atoms with Crippen molar-refractivity contribution in [2.45, 2.75) is 31.2 Å². The molecule has 1 aromatic heterocycles. The van der Waals surface area contributed by atoms with Crippen LogP contribution in [0.2, 0.25) is 5.02 Å². The zero-order chi connectivity index (χ0) is 15.6. The number of sulfone groups is 1. The van der Waals surface area contributed by atoms with E-state index >= 15 is 0 Å². The van der Waals surface area contributed by atoms with Gasteiger partial charge in [-0.1, -0.05) is 30.7 Å². The van der Waals surface area contributed by atoms with Crippen LogP contribution in [-0.4, -0.2) is 29.2 Å². The first kappa shape index (κ1) is 15.8. The highest BCUT2D eigenvalue weighted by molar-refractivity contribution is 7.91. The Morgan fingerprint density at radius 3 is 2.48 bits per heavy atom. The summed E-state index contributed by atoms with van der Waals surface area (Å²) in [6.07, 6.45) is 0. The Morgan fingerprint density at radius 2 is 1.90 bits per heavy atom. The number of hydrogen-bond acceptors (Lipinski definition) is 5. The third-order valence-corrected chi connectivity index (χ3v) is 5.05. The summed E-state index contributed by atoms with van der Waals surface area (Å²) in [5.74, 6) is 0.393. The third-order valence-electron chi connectivity index (χ3n) is 3.09. The van der Waals surface area contributed by atoms with Crippen molar-refractivity contribution in [2.75, 3.05) is 11.5 Å². The molecule has 0 fully saturated rings. The normalized spacial score (nSPS) is 12.0. The fourth-order valence-electron chi connectivity index (χ4n) is 2.06. The van der Waals surface area contributed by atoms with Crippen molar-refractivity contribution in [1.29, 1.82) is 0 Å². The molecule has 0 aliphatic carbocycles. The molecule has 2 aromatic rings. The van der Waals surface area contributed by atoms with Gasteiger partial charge in [-0.05, 0) is 30.2 Å². The van der Waals surface area contributed by atoms with Gasteiger partial charge >= 0.3 is 0 Å². The number of benzene rings is 1. The van der Waals surface area contributed by atoms with Crippen LogP contribution in [0.25, 0.3) is 0 Å². The highest BCUT2D eigenvalue weighted by Gasteiger charge is 2.18. The smallest absolute Gasteiger partial charge is 0.180 e. The predicted molar refractivity (Wildman–Crippen MR) is 82.0 cm³/mol. The van der Waals surface area contributed by atoms with Crippen LogP contribution in [0.1, 0.15) is 25.5 Å². The van der Waals surface area contributed by atoms with Crippen LogP contribution < -0.4 is 5.73 Å². The van der Waals surface area contributed by atoms with E-state index in [9.17, 15) is 8.42 Å². The molecule has 0 bridgehead atoms. The van der Waals surface area contributed by atoms with Gasteiger partial charge in [0.05, 0.1) is 22.9 Å². The topological polar surface area (TPSA) is 90.9 Å². The van der Waals surface area contributed by atoms with Crippen molar-refractivity contribution in [1.82, 2.24) is 15.0 Å². The highest BCUT2D eigenvalue weighted by atomic mass is 35.5. The molecule has 21 heavy (non-hydrogen) atoms. The monoisotopic (exact) mass is 328 g/mol. The summed E-state index contributed by atoms with van der Waals surface area (Å²) in [6.45, 7) is 4.13. The van der Waals surface area contributed by atoms with Crippen molar-refractivity contribution >= 4 is 27.3 Å². The molecule has 2 N–H and O–H groups in total. The number of nitrogen functional groups attached to an aromatic ring is 1. The summed E-state index contributed by atoms with van der Waals surface area (Å²) in [6, 6.07) is 6.11. The lowest BCUT2D eigenvalue weighted by molar-refractivity contribution is 0.557. The lowest BCUT2D eigenvalue weighted by Gasteiger charge is -2.10. The molecule has 0 radical (unpaired) electrons. The maximum absolute atomic E-state index is 12.3. The standard InChI is InChI=1S/C13H17ClN4O2S/c1-9(2)12-13(15)16-17-18(12)7-8-21(19,20)11-5-3-10(14)4-6-11/h3-6,9H,7-8,15H2,1-2H3. The first-order valence-corrected chi connectivity index (χ1v) is 8.51. The zero-order valence-electron chi connectivity index (χ0n) is 11.8. The van der Waals surface area contributed by atoms with Gasteiger partial charge in [0.1, 0.15) is 0 Å². The number of nitrogens with zero attached hydrogens (tertiary/aromatic N) is 3. The Morgan fingerprint density at radius 1 is 1.29 bits per heavy atom. The Labute approximate surface area is 128 Å². The average molecular weight is 329 g/mol. The SMILES string of the molecule is CC(C)c1c(N)nnn1CCS(=O)(=O)c1ccc(Cl)cc1. The predicted octanol–water partition coefficient (Wildman–Crippen LogP) is 2.11. The van der Waals surface area contributed by atoms with Gasteiger partial charge < -0.3 is 5.73 Å². The maximum Gasteiger partial charge on any atom is 0.180 e. The Bertz CT molecular complexity index is 723. The number of nitrogens with two attached hydrogens (primary N) is 1. The van der Waals surface area contributed by atoms with E-state index in [-0.39, 0.29) is 23.1 Å². The zero-order valence-corrected chi connectivity index (χ0v) is 13.4. The molecular formula is C13H17ClN4O2S. The summed E-state index contributed by atoms with van der Waals surface area (Å²) < 4.78 is 26.1. The highest BCUT2D eigenvalue weighted by Crippen LogP contribution is 2.20. The van der Waals surface area contributed by atoms with E-state index in [2.05, 4.69) is 10.3 Å². The molecule has 2 rings (SSSR count). The van der Waals surface area contributed by atoms with E-state index in [1.54, 1.807) is 16.8 Å². The number of aromatic nitrogens is 3. The fourth-order valence-corrected chi connectivity index (χ4v) is 3.38. The van der Waals surface area contributed by atoms with E-state index in [4.69, 9.17) is 17.3 Å². The van der Waals surface area contributed by atoms with E-state index in [0.29, 0.717) is 10.8 Å². The quantitative estimate of drug-likeness (QED) is 0.907. The van der Waals surface area contributed by atoms with E-state index in [0.717, 1.165) is 5.69 Å². The molecule has 0 atom stereocenters. The van der Waals surface area contributed by atoms with Crippen molar-refractivity contribution in [2.24, 2.45) is 0 Å². The summed E-state index contributed by atoms with van der Waals surface area (Å²) in [7, 11) is -3.40. The Balaban J connectivity index is 2.18. The van der Waals surface area contributed by atoms with Crippen LogP contribution in [0.15, 0.2) is 29.2 Å². The second-order valence-electron chi connectivity index (χ2n) is 5.01. The molecule has 1 heterocycles. The minimum atomic E-state index is -3.40. The summed E-state index contributed by atoms with van der Waals surface area (Å²) in [5.41, 5.74) is 6.50. The Hall–Kier alpha value is -1.60. The van der Waals surface area contributed by atoms with Gasteiger partial charge in [-0.3, -0.25) is 0 Å². The van der Waals surface area contributed by atoms with Gasteiger partial charge in [0.25, 0.3) is 0 Å². The molecule has 0 aliphatic heterocycles. The van der Waals surface area contributed by atoms with Crippen LogP contribution in [0.4, 0.5) is 5.82 Å². The third kappa shape index (κ3) is 3.54. The van der Waals surface area contributed by atoms with Crippen LogP contribution in [0.5, 0.6) is 0 Å². The van der Waals surface area contributed by atoms with Gasteiger partial charge in [-0.15, -0.1) is 5.10 Å². The molecule has 114 valence electrons. The van der Waals surface area contributed by atoms with Gasteiger partial charge in [-0.2, -0.15) is 0 Å². The van der Waals surface area contributed by atoms with Gasteiger partial charge in [0.2, 0.25) is 0 Å². The molecule has 0 saturated heterocycles. The molecule has 6 nitrogen and oxygen atoms in total.